The van der Waals surface area contributed by atoms with E-state index in [0.717, 1.165) is 11.8 Å². The van der Waals surface area contributed by atoms with Gasteiger partial charge >= 0.3 is 6.09 Å². The Morgan fingerprint density at radius 2 is 1.89 bits per heavy atom. The summed E-state index contributed by atoms with van der Waals surface area (Å²) in [6.07, 6.45) is 1.39. The van der Waals surface area contributed by atoms with Crippen molar-refractivity contribution in [3.8, 4) is 5.75 Å². The van der Waals surface area contributed by atoms with Crippen LogP contribution in [0.2, 0.25) is 0 Å². The Labute approximate surface area is 254 Å². The third-order valence-electron chi connectivity index (χ3n) is 7.93. The second kappa shape index (κ2) is 12.2. The first kappa shape index (κ1) is 30.8. The summed E-state index contributed by atoms with van der Waals surface area (Å²) >= 11 is 0. The molecule has 3 N–H and O–H groups in total. The predicted molar refractivity (Wildman–Crippen MR) is 161 cm³/mol. The van der Waals surface area contributed by atoms with E-state index in [0.29, 0.717) is 47.5 Å². The van der Waals surface area contributed by atoms with Crippen LogP contribution < -0.4 is 20.7 Å². The number of rotatable bonds is 8. The number of aryl methyl sites for hydroxylation is 1. The summed E-state index contributed by atoms with van der Waals surface area (Å²) in [5, 5.41) is 8.20. The number of nitrogens with one attached hydrogen (secondary N) is 3. The molecule has 0 radical (unpaired) electrons. The number of fused-ring (bicyclic) bond motifs is 1. The van der Waals surface area contributed by atoms with Crippen LogP contribution in [0.4, 0.5) is 20.6 Å². The molecule has 1 unspecified atom stereocenters. The molecule has 11 nitrogen and oxygen atoms in total. The van der Waals surface area contributed by atoms with E-state index in [-0.39, 0.29) is 22.7 Å². The minimum absolute atomic E-state index is 0.0236. The number of ether oxygens (including phenoxy) is 2. The lowest BCUT2D eigenvalue weighted by Gasteiger charge is -2.31. The highest BCUT2D eigenvalue weighted by Crippen LogP contribution is 2.40. The normalized spacial score (nSPS) is 16.6. The predicted octanol–water partition coefficient (Wildman–Crippen LogP) is 4.48. The summed E-state index contributed by atoms with van der Waals surface area (Å²) in [7, 11) is -0.977. The number of carbonyl (C=O) groups is 3. The Morgan fingerprint density at radius 3 is 2.57 bits per heavy atom. The van der Waals surface area contributed by atoms with Crippen molar-refractivity contribution in [1.29, 1.82) is 0 Å². The van der Waals surface area contributed by atoms with Gasteiger partial charge in [-0.25, -0.2) is 17.6 Å². The molecule has 0 bridgehead atoms. The van der Waals surface area contributed by atoms with E-state index in [1.165, 1.54) is 38.5 Å². The van der Waals surface area contributed by atoms with Crippen molar-refractivity contribution in [2.24, 2.45) is 0 Å². The molecule has 2 aliphatic rings. The molecule has 1 fully saturated rings. The van der Waals surface area contributed by atoms with Crippen LogP contribution in [0.25, 0.3) is 0 Å². The molecule has 2 atom stereocenters. The van der Waals surface area contributed by atoms with Gasteiger partial charge in [-0.2, -0.15) is 0 Å². The third kappa shape index (κ3) is 5.91. The minimum Gasteiger partial charge on any atom is -0.496 e. The number of amides is 3. The van der Waals surface area contributed by atoms with Gasteiger partial charge in [0.15, 0.2) is 15.7 Å². The van der Waals surface area contributed by atoms with Crippen LogP contribution in [0, 0.1) is 12.7 Å². The van der Waals surface area contributed by atoms with E-state index in [2.05, 4.69) is 20.7 Å². The van der Waals surface area contributed by atoms with E-state index < -0.39 is 45.6 Å². The molecular formula is C31H33FN4O7S. The van der Waals surface area contributed by atoms with E-state index >= 15 is 4.39 Å². The standard InChI is InChI=1S/C31H33FN4O7S/c1-17-14-18(8-11-24(17)42-2)28(35-22-10-7-19-16-33-29(37)26(19)27(22)32)30(38)36-13-5-6-23(36)21-15-20(34-31(39)43-3)9-12-25(21)44(4,40)41/h7-12,14-15,23,28,35H,5-6,13,16H2,1-4H3,(H,33,37)(H,34,39)/t23-,28?/m1/s1. The highest BCUT2D eigenvalue weighted by molar-refractivity contribution is 7.90. The molecule has 0 aliphatic carbocycles. The maximum atomic E-state index is 15.7. The van der Waals surface area contributed by atoms with Gasteiger partial charge in [0, 0.05) is 25.0 Å². The van der Waals surface area contributed by atoms with Gasteiger partial charge in [-0.1, -0.05) is 12.1 Å². The van der Waals surface area contributed by atoms with Crippen molar-refractivity contribution >= 4 is 39.1 Å². The van der Waals surface area contributed by atoms with Gasteiger partial charge in [0.1, 0.15) is 11.8 Å². The summed E-state index contributed by atoms with van der Waals surface area (Å²) in [6, 6.07) is 10.9. The van der Waals surface area contributed by atoms with E-state index in [1.54, 1.807) is 29.2 Å². The number of benzene rings is 3. The number of anilines is 2. The lowest BCUT2D eigenvalue weighted by molar-refractivity contribution is -0.133. The van der Waals surface area contributed by atoms with Crippen LogP contribution in [0.3, 0.4) is 0 Å². The highest BCUT2D eigenvalue weighted by atomic mass is 32.2. The molecule has 1 saturated heterocycles. The van der Waals surface area contributed by atoms with Crippen LogP contribution in [-0.2, 0) is 25.9 Å². The monoisotopic (exact) mass is 624 g/mol. The molecule has 2 aliphatic heterocycles. The molecular weight excluding hydrogens is 591 g/mol. The molecule has 232 valence electrons. The lowest BCUT2D eigenvalue weighted by Crippen LogP contribution is -2.38. The van der Waals surface area contributed by atoms with Crippen LogP contribution in [0.5, 0.6) is 5.75 Å². The largest absolute Gasteiger partial charge is 0.496 e. The molecule has 5 rings (SSSR count). The Bertz CT molecular complexity index is 1760. The molecule has 3 aromatic carbocycles. The number of methoxy groups -OCH3 is 2. The molecule has 44 heavy (non-hydrogen) atoms. The molecule has 2 heterocycles. The van der Waals surface area contributed by atoms with Crippen molar-refractivity contribution in [3.05, 3.63) is 82.2 Å². The van der Waals surface area contributed by atoms with E-state index in [4.69, 9.17) is 4.74 Å². The van der Waals surface area contributed by atoms with Crippen molar-refractivity contribution < 1.29 is 36.7 Å². The van der Waals surface area contributed by atoms with Crippen LogP contribution in [-0.4, -0.2) is 58.2 Å². The van der Waals surface area contributed by atoms with Crippen molar-refractivity contribution in [2.75, 3.05) is 37.7 Å². The van der Waals surface area contributed by atoms with E-state index in [1.807, 2.05) is 6.92 Å². The zero-order valence-corrected chi connectivity index (χ0v) is 25.5. The van der Waals surface area contributed by atoms with Crippen molar-refractivity contribution in [3.63, 3.8) is 0 Å². The number of likely N-dealkylation sites (tertiary alicyclic amines) is 1. The molecule has 3 amide bonds. The average Bonchev–Trinajstić information content (AvgIpc) is 3.63. The number of nitrogens with zero attached hydrogens (tertiary/aromatic N) is 1. The summed E-state index contributed by atoms with van der Waals surface area (Å²) in [5.74, 6) is -1.11. The SMILES string of the molecule is COC(=O)Nc1ccc(S(C)(=O)=O)c([C@H]2CCCN2C(=O)C(Nc2ccc3c(c2F)C(=O)NC3)c2ccc(OC)c(C)c2)c1. The summed E-state index contributed by atoms with van der Waals surface area (Å²) < 4.78 is 51.4. The summed E-state index contributed by atoms with van der Waals surface area (Å²) in [6.45, 7) is 2.35. The van der Waals surface area contributed by atoms with Crippen molar-refractivity contribution in [1.82, 2.24) is 10.2 Å². The Balaban J connectivity index is 1.58. The van der Waals surface area contributed by atoms with Gasteiger partial charge in [-0.05, 0) is 78.4 Å². The number of sulfone groups is 1. The lowest BCUT2D eigenvalue weighted by atomic mass is 9.99. The Morgan fingerprint density at radius 1 is 1.11 bits per heavy atom. The van der Waals surface area contributed by atoms with Gasteiger partial charge in [0.2, 0.25) is 5.91 Å². The molecule has 0 aromatic heterocycles. The first-order valence-corrected chi connectivity index (χ1v) is 15.8. The zero-order chi connectivity index (χ0) is 31.8. The second-order valence-electron chi connectivity index (χ2n) is 10.8. The second-order valence-corrected chi connectivity index (χ2v) is 12.8. The fourth-order valence-electron chi connectivity index (χ4n) is 5.82. The maximum absolute atomic E-state index is 15.7. The molecule has 13 heteroatoms. The average molecular weight is 625 g/mol. The van der Waals surface area contributed by atoms with E-state index in [9.17, 15) is 22.8 Å². The van der Waals surface area contributed by atoms with Gasteiger partial charge < -0.3 is 25.0 Å². The van der Waals surface area contributed by atoms with Crippen molar-refractivity contribution in [2.45, 2.75) is 43.3 Å². The van der Waals surface area contributed by atoms with Gasteiger partial charge in [-0.3, -0.25) is 14.9 Å². The smallest absolute Gasteiger partial charge is 0.411 e. The van der Waals surface area contributed by atoms with Crippen LogP contribution >= 0.6 is 0 Å². The number of carbonyl (C=O) groups excluding carboxylic acids is 3. The number of halogens is 1. The Kier molecular flexibility index (Phi) is 8.51. The zero-order valence-electron chi connectivity index (χ0n) is 24.7. The van der Waals surface area contributed by atoms with Gasteiger partial charge in [-0.15, -0.1) is 0 Å². The summed E-state index contributed by atoms with van der Waals surface area (Å²) in [5.41, 5.74) is 2.35. The summed E-state index contributed by atoms with van der Waals surface area (Å²) in [4.78, 5) is 40.3. The molecule has 0 spiro atoms. The molecule has 0 saturated carbocycles. The first-order valence-electron chi connectivity index (χ1n) is 13.9. The number of hydrogen-bond donors (Lipinski definition) is 3. The van der Waals surface area contributed by atoms with Gasteiger partial charge in [0.05, 0.1) is 36.4 Å². The Hall–Kier alpha value is -4.65. The fraction of sp³-hybridized carbons (Fsp3) is 0.323. The first-order chi connectivity index (χ1) is 20.9. The molecule has 3 aromatic rings. The van der Waals surface area contributed by atoms with Crippen LogP contribution in [0.1, 0.15) is 57.5 Å². The quantitative estimate of drug-likeness (QED) is 0.333. The fourth-order valence-corrected chi connectivity index (χ4v) is 6.76. The maximum Gasteiger partial charge on any atom is 0.411 e. The number of hydrogen-bond acceptors (Lipinski definition) is 8. The topological polar surface area (TPSA) is 143 Å². The van der Waals surface area contributed by atoms with Crippen LogP contribution in [0.15, 0.2) is 53.4 Å². The highest BCUT2D eigenvalue weighted by Gasteiger charge is 2.38. The minimum atomic E-state index is -3.72. The third-order valence-corrected chi connectivity index (χ3v) is 9.10. The van der Waals surface area contributed by atoms with Gasteiger partial charge in [0.25, 0.3) is 5.91 Å².